The summed E-state index contributed by atoms with van der Waals surface area (Å²) in [6.07, 6.45) is 0.891. The second-order valence-corrected chi connectivity index (χ2v) is 6.86. The fourth-order valence-electron chi connectivity index (χ4n) is 1.48. The Hall–Kier alpha value is 0.600. The molecule has 0 spiro atoms. The van der Waals surface area contributed by atoms with Gasteiger partial charge in [0.15, 0.2) is 6.35 Å². The number of allylic oxidation sites excluding steroid dienone is 2. The van der Waals surface area contributed by atoms with Crippen LogP contribution in [0.3, 0.4) is 0 Å². The van der Waals surface area contributed by atoms with Crippen LogP contribution in [0.4, 0.5) is 0 Å². The third-order valence-corrected chi connectivity index (χ3v) is 4.78. The maximum Gasteiger partial charge on any atom is 0.164 e. The zero-order valence-electron chi connectivity index (χ0n) is 8.10. The first-order chi connectivity index (χ1) is 5.07. The van der Waals surface area contributed by atoms with E-state index < -0.39 is 7.26 Å². The van der Waals surface area contributed by atoms with E-state index in [1.165, 1.54) is 11.1 Å². The number of rotatable bonds is 2. The molecule has 0 aromatic carbocycles. The molecule has 1 heterocycles. The van der Waals surface area contributed by atoms with Crippen molar-refractivity contribution in [2.24, 2.45) is 0 Å². The van der Waals surface area contributed by atoms with Gasteiger partial charge in [0, 0.05) is 7.11 Å². The molecule has 1 aliphatic rings. The fourth-order valence-corrected chi connectivity index (χ4v) is 4.44. The molecule has 0 radical (unpaired) electrons. The molecule has 12 heavy (non-hydrogen) atoms. The summed E-state index contributed by atoms with van der Waals surface area (Å²) in [7, 11) is 0.795. The van der Waals surface area contributed by atoms with Crippen LogP contribution in [0.1, 0.15) is 13.8 Å². The highest BCUT2D eigenvalue weighted by Gasteiger charge is 2.32. The van der Waals surface area contributed by atoms with Crippen LogP contribution in [-0.4, -0.2) is 20.1 Å². The molecular formula is C9H16IOP. The second-order valence-electron chi connectivity index (χ2n) is 3.39. The van der Waals surface area contributed by atoms with E-state index in [-0.39, 0.29) is 24.0 Å². The number of methoxy groups -OCH3 is 1. The van der Waals surface area contributed by atoms with Crippen molar-refractivity contribution in [3.63, 3.8) is 0 Å². The van der Waals surface area contributed by atoms with Crippen molar-refractivity contribution in [1.82, 2.24) is 0 Å². The van der Waals surface area contributed by atoms with Gasteiger partial charge in [-0.1, -0.05) is 0 Å². The van der Waals surface area contributed by atoms with Crippen molar-refractivity contribution in [3.8, 4) is 0 Å². The van der Waals surface area contributed by atoms with Crippen LogP contribution in [0, 0.1) is 0 Å². The molecule has 0 fully saturated rings. The van der Waals surface area contributed by atoms with Crippen LogP contribution >= 0.6 is 7.26 Å². The van der Waals surface area contributed by atoms with Crippen molar-refractivity contribution >= 4 is 7.26 Å². The minimum Gasteiger partial charge on any atom is -1.00 e. The van der Waals surface area contributed by atoms with Gasteiger partial charge in [-0.15, -0.1) is 0 Å². The first-order valence-electron chi connectivity index (χ1n) is 3.80. The van der Waals surface area contributed by atoms with Crippen LogP contribution in [-0.2, 0) is 4.74 Å². The summed E-state index contributed by atoms with van der Waals surface area (Å²) in [4.78, 5) is 0. The van der Waals surface area contributed by atoms with E-state index in [4.69, 9.17) is 4.74 Å². The Morgan fingerprint density at radius 2 is 1.67 bits per heavy atom. The Labute approximate surface area is 92.6 Å². The predicted octanol–water partition coefficient (Wildman–Crippen LogP) is 0.0629. The summed E-state index contributed by atoms with van der Waals surface area (Å²) >= 11 is 0. The zero-order chi connectivity index (χ0) is 8.48. The molecule has 1 aliphatic heterocycles. The molecule has 0 unspecified atom stereocenters. The van der Waals surface area contributed by atoms with Crippen LogP contribution in [0.2, 0.25) is 0 Å². The van der Waals surface area contributed by atoms with Gasteiger partial charge in [-0.05, 0) is 25.0 Å². The van der Waals surface area contributed by atoms with Gasteiger partial charge >= 0.3 is 0 Å². The smallest absolute Gasteiger partial charge is 0.164 e. The van der Waals surface area contributed by atoms with E-state index in [0.29, 0.717) is 0 Å². The lowest BCUT2D eigenvalue weighted by molar-refractivity contribution is -0.00000274. The molecule has 0 saturated heterocycles. The van der Waals surface area contributed by atoms with Gasteiger partial charge in [-0.25, -0.2) is 0 Å². The molecule has 0 aromatic rings. The Morgan fingerprint density at radius 3 is 2.00 bits per heavy atom. The van der Waals surface area contributed by atoms with Crippen molar-refractivity contribution in [1.29, 1.82) is 0 Å². The highest BCUT2D eigenvalue weighted by Crippen LogP contribution is 2.63. The molecular weight excluding hydrogens is 282 g/mol. The fraction of sp³-hybridized carbons (Fsp3) is 0.556. The molecule has 1 nitrogen and oxygen atoms in total. The quantitative estimate of drug-likeness (QED) is 0.518. The van der Waals surface area contributed by atoms with Crippen molar-refractivity contribution in [3.05, 3.63) is 22.8 Å². The molecule has 0 saturated carbocycles. The van der Waals surface area contributed by atoms with E-state index in [9.17, 15) is 0 Å². The minimum absolute atomic E-state index is 0. The van der Waals surface area contributed by atoms with Crippen LogP contribution in [0.25, 0.3) is 0 Å². The number of hydrogen-bond acceptors (Lipinski definition) is 1. The van der Waals surface area contributed by atoms with E-state index in [1.54, 1.807) is 7.11 Å². The molecule has 3 heteroatoms. The Kier molecular flexibility index (Phi) is 4.97. The van der Waals surface area contributed by atoms with E-state index in [0.717, 1.165) is 6.35 Å². The Morgan fingerprint density at radius 1 is 1.25 bits per heavy atom. The number of hydrogen-bond donors (Lipinski definition) is 0. The van der Waals surface area contributed by atoms with Gasteiger partial charge in [0.25, 0.3) is 0 Å². The first kappa shape index (κ1) is 12.6. The highest BCUT2D eigenvalue weighted by molar-refractivity contribution is 7.81. The van der Waals surface area contributed by atoms with Crippen molar-refractivity contribution in [2.75, 3.05) is 20.1 Å². The van der Waals surface area contributed by atoms with Gasteiger partial charge in [0.05, 0.1) is 25.6 Å². The zero-order valence-corrected chi connectivity index (χ0v) is 11.1. The average molecular weight is 298 g/mol. The standard InChI is InChI=1S/C9H16OP.HI/c1-8-5-11(4,7-10-3)6-9(8)2;/h5-6H,7H2,1-4H3;1H/q+1;/p-1. The molecule has 0 bridgehead atoms. The maximum atomic E-state index is 5.19. The lowest BCUT2D eigenvalue weighted by Crippen LogP contribution is -3.00. The van der Waals surface area contributed by atoms with Gasteiger partial charge in [0.1, 0.15) is 0 Å². The monoisotopic (exact) mass is 298 g/mol. The third-order valence-electron chi connectivity index (χ3n) is 2.01. The van der Waals surface area contributed by atoms with Crippen molar-refractivity contribution < 1.29 is 28.7 Å². The topological polar surface area (TPSA) is 9.23 Å². The lowest BCUT2D eigenvalue weighted by Gasteiger charge is -2.08. The van der Waals surface area contributed by atoms with Gasteiger partial charge in [-0.3, -0.25) is 0 Å². The van der Waals surface area contributed by atoms with E-state index in [1.807, 2.05) is 0 Å². The van der Waals surface area contributed by atoms with Crippen LogP contribution < -0.4 is 24.0 Å². The largest absolute Gasteiger partial charge is 1.00 e. The minimum atomic E-state index is -0.979. The van der Waals surface area contributed by atoms with E-state index >= 15 is 0 Å². The van der Waals surface area contributed by atoms with Gasteiger partial charge in [-0.2, -0.15) is 0 Å². The van der Waals surface area contributed by atoms with Gasteiger partial charge < -0.3 is 28.7 Å². The SMILES string of the molecule is COC[P+]1(C)C=C(C)C(C)=C1.[I-]. The van der Waals surface area contributed by atoms with Crippen LogP contribution in [0.5, 0.6) is 0 Å². The summed E-state index contributed by atoms with van der Waals surface area (Å²) in [5.41, 5.74) is 2.86. The van der Waals surface area contributed by atoms with Crippen LogP contribution in [0.15, 0.2) is 22.8 Å². The van der Waals surface area contributed by atoms with Crippen molar-refractivity contribution in [2.45, 2.75) is 13.8 Å². The normalized spacial score (nSPS) is 19.7. The number of ether oxygens (including phenoxy) is 1. The Bertz CT molecular complexity index is 203. The maximum absolute atomic E-state index is 5.19. The summed E-state index contributed by atoms with van der Waals surface area (Å²) in [6, 6.07) is 0. The average Bonchev–Trinajstić information content (AvgIpc) is 2.08. The second kappa shape index (κ2) is 4.73. The third kappa shape index (κ3) is 2.82. The number of halogens is 1. The summed E-state index contributed by atoms with van der Waals surface area (Å²) < 4.78 is 5.19. The molecule has 0 N–H and O–H groups in total. The molecule has 1 rings (SSSR count). The molecule has 70 valence electrons. The molecule has 0 aliphatic carbocycles. The summed E-state index contributed by atoms with van der Waals surface area (Å²) in [5.74, 6) is 4.76. The lowest BCUT2D eigenvalue weighted by atomic mass is 10.2. The summed E-state index contributed by atoms with van der Waals surface area (Å²) in [6.45, 7) is 6.65. The van der Waals surface area contributed by atoms with Gasteiger partial charge in [0.2, 0.25) is 0 Å². The predicted molar refractivity (Wildman–Crippen MR) is 52.2 cm³/mol. The highest BCUT2D eigenvalue weighted by atomic mass is 127. The van der Waals surface area contributed by atoms with E-state index in [2.05, 4.69) is 32.1 Å². The summed E-state index contributed by atoms with van der Waals surface area (Å²) in [5, 5.41) is 0. The Balaban J connectivity index is 0.00000121. The first-order valence-corrected chi connectivity index (χ1v) is 6.36. The molecule has 0 atom stereocenters. The molecule has 0 aromatic heterocycles. The molecule has 0 amide bonds.